The topological polar surface area (TPSA) is 94.1 Å². The largest absolute Gasteiger partial charge is 0.756 e. The molecule has 0 spiro atoms. The first-order valence-corrected chi connectivity index (χ1v) is 15.8. The third-order valence-electron chi connectivity index (χ3n) is 5.87. The zero-order chi connectivity index (χ0) is 27.8. The van der Waals surface area contributed by atoms with Crippen molar-refractivity contribution in [2.24, 2.45) is 0 Å². The van der Waals surface area contributed by atoms with E-state index in [1.54, 1.807) is 0 Å². The van der Waals surface area contributed by atoms with E-state index in [1.165, 1.54) is 84.0 Å². The molecule has 0 aromatic heterocycles. The summed E-state index contributed by atoms with van der Waals surface area (Å²) in [5, 5.41) is 0. The zero-order valence-electron chi connectivity index (χ0n) is 24.4. The molecule has 8 nitrogen and oxygen atoms in total. The molecule has 0 heterocycles. The van der Waals surface area contributed by atoms with Gasteiger partial charge in [0.15, 0.2) is 0 Å². The highest BCUT2D eigenvalue weighted by molar-refractivity contribution is 7.45. The summed E-state index contributed by atoms with van der Waals surface area (Å²) in [7, 11) is 1.34. The number of carbonyl (C=O) groups is 1. The maximum Gasteiger partial charge on any atom is 0.303 e. The second kappa shape index (κ2) is 23.2. The molecule has 0 aromatic carbocycles. The first-order valence-electron chi connectivity index (χ1n) is 14.4. The van der Waals surface area contributed by atoms with Crippen LogP contribution in [0, 0.1) is 0 Å². The molecule has 0 rings (SSSR count). The molecule has 0 bridgehead atoms. The number of allylic oxidation sites excluding steroid dienone is 2. The van der Waals surface area contributed by atoms with Crippen LogP contribution in [0.1, 0.15) is 104 Å². The Kier molecular flexibility index (Phi) is 22.7. The molecular weight excluding hydrogens is 493 g/mol. The van der Waals surface area contributed by atoms with E-state index in [1.807, 2.05) is 21.1 Å². The Hall–Kier alpha value is -0.760. The van der Waals surface area contributed by atoms with Crippen LogP contribution in [0.5, 0.6) is 0 Å². The van der Waals surface area contributed by atoms with Crippen LogP contribution < -0.4 is 4.89 Å². The van der Waals surface area contributed by atoms with Crippen molar-refractivity contribution in [3.05, 3.63) is 12.2 Å². The number of nitrogens with zero attached hydrogens (tertiary/aromatic N) is 1. The fraction of sp³-hybridized carbons (Fsp3) is 0.893. The Morgan fingerprint density at radius 3 is 1.89 bits per heavy atom. The van der Waals surface area contributed by atoms with E-state index in [2.05, 4.69) is 19.1 Å². The van der Waals surface area contributed by atoms with E-state index in [-0.39, 0.29) is 19.8 Å². The molecule has 0 radical (unpaired) electrons. The lowest BCUT2D eigenvalue weighted by molar-refractivity contribution is -0.870. The van der Waals surface area contributed by atoms with Crippen LogP contribution in [0.15, 0.2) is 12.2 Å². The highest BCUT2D eigenvalue weighted by Gasteiger charge is 2.19. The van der Waals surface area contributed by atoms with Gasteiger partial charge in [-0.15, -0.1) is 0 Å². The number of hydrogen-bond acceptors (Lipinski definition) is 7. The molecule has 0 aromatic rings. The maximum absolute atomic E-state index is 11.9. The average Bonchev–Trinajstić information content (AvgIpc) is 2.80. The van der Waals surface area contributed by atoms with Gasteiger partial charge >= 0.3 is 5.97 Å². The van der Waals surface area contributed by atoms with E-state index in [0.29, 0.717) is 17.6 Å². The summed E-state index contributed by atoms with van der Waals surface area (Å²) in [5.41, 5.74) is 0. The molecule has 0 saturated carbocycles. The Morgan fingerprint density at radius 2 is 1.35 bits per heavy atom. The lowest BCUT2D eigenvalue weighted by atomic mass is 10.1. The Bertz CT molecular complexity index is 622. The summed E-state index contributed by atoms with van der Waals surface area (Å²) in [5.74, 6) is -0.513. The number of ether oxygens (including phenoxy) is 2. The monoisotopic (exact) mass is 549 g/mol. The lowest BCUT2D eigenvalue weighted by Crippen LogP contribution is -2.37. The van der Waals surface area contributed by atoms with Crippen molar-refractivity contribution in [3.8, 4) is 0 Å². The molecule has 0 amide bonds. The Balaban J connectivity index is 3.77. The van der Waals surface area contributed by atoms with Crippen LogP contribution in [0.3, 0.4) is 0 Å². The normalized spacial score (nSPS) is 14.6. The van der Waals surface area contributed by atoms with E-state index in [4.69, 9.17) is 18.5 Å². The number of likely N-dealkylation sites (N-methyl/N-ethyl adjacent to an activating group) is 1. The van der Waals surface area contributed by atoms with E-state index in [0.717, 1.165) is 12.8 Å². The summed E-state index contributed by atoms with van der Waals surface area (Å²) >= 11 is 0. The van der Waals surface area contributed by atoms with Gasteiger partial charge in [-0.05, 0) is 32.1 Å². The number of esters is 1. The van der Waals surface area contributed by atoms with Crippen LogP contribution in [-0.4, -0.2) is 70.7 Å². The standard InChI is InChI=1S/C28H56NO7P/c1-6-7-8-9-10-11-12-13-14-15-16-17-18-19-20-21-23-33-25-28(36-27(2)30)26-35-37(31,32)34-24-22-29(3,4)5/h13-14,28H,6-12,15-26H2,1-5H3/b14-13-. The van der Waals surface area contributed by atoms with Gasteiger partial charge in [0.2, 0.25) is 0 Å². The minimum atomic E-state index is -4.47. The number of hydrogen-bond donors (Lipinski definition) is 0. The molecule has 0 N–H and O–H groups in total. The fourth-order valence-electron chi connectivity index (χ4n) is 3.66. The smallest absolute Gasteiger partial charge is 0.303 e. The van der Waals surface area contributed by atoms with Gasteiger partial charge in [0, 0.05) is 13.5 Å². The number of carbonyl (C=O) groups excluding carboxylic acids is 1. The third kappa shape index (κ3) is 28.1. The van der Waals surface area contributed by atoms with Crippen LogP contribution >= 0.6 is 7.82 Å². The van der Waals surface area contributed by atoms with E-state index in [9.17, 15) is 14.3 Å². The SMILES string of the molecule is CCCCCCCC/C=C\CCCCCCCCOCC(COP(=O)([O-])OCC[N+](C)(C)C)OC(C)=O. The quantitative estimate of drug-likeness (QED) is 0.0418. The van der Waals surface area contributed by atoms with Crippen LogP contribution in [0.25, 0.3) is 0 Å². The van der Waals surface area contributed by atoms with Crippen molar-refractivity contribution in [1.29, 1.82) is 0 Å². The molecule has 0 aliphatic rings. The molecule has 0 saturated heterocycles. The summed E-state index contributed by atoms with van der Waals surface area (Å²) in [4.78, 5) is 23.3. The summed E-state index contributed by atoms with van der Waals surface area (Å²) in [6, 6.07) is 0. The van der Waals surface area contributed by atoms with Crippen molar-refractivity contribution < 1.29 is 37.3 Å². The van der Waals surface area contributed by atoms with Crippen molar-refractivity contribution in [3.63, 3.8) is 0 Å². The second-order valence-electron chi connectivity index (χ2n) is 10.8. The molecule has 0 fully saturated rings. The van der Waals surface area contributed by atoms with Gasteiger partial charge in [-0.25, -0.2) is 0 Å². The lowest BCUT2D eigenvalue weighted by Gasteiger charge is -2.28. The Labute approximate surface area is 227 Å². The summed E-state index contributed by atoms with van der Waals surface area (Å²) < 4.78 is 33.0. The fourth-order valence-corrected chi connectivity index (χ4v) is 4.38. The predicted octanol–water partition coefficient (Wildman–Crippen LogP) is 6.18. The minimum absolute atomic E-state index is 0.0228. The molecule has 2 atom stereocenters. The van der Waals surface area contributed by atoms with E-state index < -0.39 is 19.9 Å². The summed E-state index contributed by atoms with van der Waals surface area (Å²) in [6.07, 6.45) is 21.3. The van der Waals surface area contributed by atoms with Crippen LogP contribution in [0.4, 0.5) is 0 Å². The number of phosphoric ester groups is 1. The predicted molar refractivity (Wildman–Crippen MR) is 148 cm³/mol. The Morgan fingerprint density at radius 1 is 0.811 bits per heavy atom. The molecule has 9 heteroatoms. The molecule has 0 aliphatic carbocycles. The second-order valence-corrected chi connectivity index (χ2v) is 12.2. The van der Waals surface area contributed by atoms with Crippen molar-refractivity contribution in [2.45, 2.75) is 110 Å². The van der Waals surface area contributed by atoms with Gasteiger partial charge in [-0.3, -0.25) is 9.36 Å². The van der Waals surface area contributed by atoms with Gasteiger partial charge < -0.3 is 27.9 Å². The summed E-state index contributed by atoms with van der Waals surface area (Å²) in [6.45, 7) is 4.37. The maximum atomic E-state index is 11.9. The van der Waals surface area contributed by atoms with Crippen molar-refractivity contribution in [2.75, 3.05) is 54.1 Å². The molecular formula is C28H56NO7P. The highest BCUT2D eigenvalue weighted by Crippen LogP contribution is 2.38. The number of unbranched alkanes of at least 4 members (excludes halogenated alkanes) is 12. The van der Waals surface area contributed by atoms with Crippen molar-refractivity contribution >= 4 is 13.8 Å². The highest BCUT2D eigenvalue weighted by atomic mass is 31.2. The van der Waals surface area contributed by atoms with Crippen LogP contribution in [-0.2, 0) is 27.9 Å². The van der Waals surface area contributed by atoms with Gasteiger partial charge in [-0.2, -0.15) is 0 Å². The molecule has 220 valence electrons. The first-order chi connectivity index (χ1) is 17.6. The number of phosphoric acid groups is 1. The average molecular weight is 550 g/mol. The van der Waals surface area contributed by atoms with Gasteiger partial charge in [0.05, 0.1) is 34.4 Å². The molecule has 37 heavy (non-hydrogen) atoms. The zero-order valence-corrected chi connectivity index (χ0v) is 25.3. The number of rotatable bonds is 26. The minimum Gasteiger partial charge on any atom is -0.756 e. The van der Waals surface area contributed by atoms with Gasteiger partial charge in [0.25, 0.3) is 7.82 Å². The van der Waals surface area contributed by atoms with Crippen molar-refractivity contribution in [1.82, 2.24) is 0 Å². The van der Waals surface area contributed by atoms with E-state index >= 15 is 0 Å². The number of quaternary nitrogens is 1. The molecule has 0 aliphatic heterocycles. The first kappa shape index (κ1) is 36.2. The van der Waals surface area contributed by atoms with Gasteiger partial charge in [-0.1, -0.05) is 76.9 Å². The van der Waals surface area contributed by atoms with Gasteiger partial charge in [0.1, 0.15) is 19.3 Å². The van der Waals surface area contributed by atoms with Crippen LogP contribution in [0.2, 0.25) is 0 Å². The third-order valence-corrected chi connectivity index (χ3v) is 6.83. The molecule has 2 unspecified atom stereocenters.